The third kappa shape index (κ3) is 5.73. The molecule has 0 aromatic heterocycles. The average molecular weight is 360 g/mol. The minimum absolute atomic E-state index is 0.000978. The summed E-state index contributed by atoms with van der Waals surface area (Å²) < 4.78 is 5.10. The highest BCUT2D eigenvalue weighted by Crippen LogP contribution is 2.24. The van der Waals surface area contributed by atoms with Crippen molar-refractivity contribution in [2.45, 2.75) is 38.3 Å². The predicted molar refractivity (Wildman–Crippen MR) is 90.8 cm³/mol. The van der Waals surface area contributed by atoms with E-state index in [9.17, 15) is 19.7 Å². The number of carbonyl (C=O) groups is 2. The van der Waals surface area contributed by atoms with Crippen molar-refractivity contribution in [3.8, 4) is 6.07 Å². The van der Waals surface area contributed by atoms with E-state index in [0.717, 1.165) is 0 Å². The van der Waals surface area contributed by atoms with Crippen LogP contribution in [0.4, 0.5) is 10.5 Å². The largest absolute Gasteiger partial charge is 0.445 e. The fourth-order valence-electron chi connectivity index (χ4n) is 2.89. The molecule has 2 amide bonds. The number of hydrogen-bond donors (Lipinski definition) is 2. The van der Waals surface area contributed by atoms with Crippen LogP contribution in [-0.4, -0.2) is 29.5 Å². The lowest BCUT2D eigenvalue weighted by molar-refractivity contribution is -0.384. The van der Waals surface area contributed by atoms with Gasteiger partial charge in [-0.15, -0.1) is 0 Å². The van der Waals surface area contributed by atoms with Crippen LogP contribution in [0.2, 0.25) is 0 Å². The maximum Gasteiger partial charge on any atom is 0.407 e. The van der Waals surface area contributed by atoms with Gasteiger partial charge in [0.2, 0.25) is 5.91 Å². The van der Waals surface area contributed by atoms with Crippen molar-refractivity contribution in [1.29, 1.82) is 5.26 Å². The van der Waals surface area contributed by atoms with Gasteiger partial charge in [0.15, 0.2) is 0 Å². The number of nitro benzene ring substituents is 1. The lowest BCUT2D eigenvalue weighted by Crippen LogP contribution is -2.41. The van der Waals surface area contributed by atoms with Gasteiger partial charge in [-0.25, -0.2) is 4.79 Å². The van der Waals surface area contributed by atoms with E-state index in [4.69, 9.17) is 10.00 Å². The minimum atomic E-state index is -0.589. The van der Waals surface area contributed by atoms with Gasteiger partial charge >= 0.3 is 6.09 Å². The van der Waals surface area contributed by atoms with Crippen molar-refractivity contribution in [1.82, 2.24) is 10.6 Å². The monoisotopic (exact) mass is 360 g/mol. The molecule has 2 N–H and O–H groups in total. The number of non-ortho nitro benzene ring substituents is 1. The molecule has 0 spiro atoms. The zero-order chi connectivity index (χ0) is 18.9. The lowest BCUT2D eigenvalue weighted by atomic mass is 9.85. The van der Waals surface area contributed by atoms with E-state index in [2.05, 4.69) is 10.6 Å². The van der Waals surface area contributed by atoms with Crippen molar-refractivity contribution in [2.75, 3.05) is 6.54 Å². The Balaban J connectivity index is 1.72. The third-order valence-corrected chi connectivity index (χ3v) is 4.25. The molecule has 0 bridgehead atoms. The summed E-state index contributed by atoms with van der Waals surface area (Å²) in [6.07, 6.45) is 1.97. The first-order valence-corrected chi connectivity index (χ1v) is 8.31. The third-order valence-electron chi connectivity index (χ3n) is 4.25. The number of rotatable bonds is 6. The van der Waals surface area contributed by atoms with Crippen LogP contribution in [0.15, 0.2) is 24.3 Å². The maximum atomic E-state index is 11.9. The van der Waals surface area contributed by atoms with Gasteiger partial charge < -0.3 is 15.4 Å². The second-order valence-electron chi connectivity index (χ2n) is 6.07. The second-order valence-corrected chi connectivity index (χ2v) is 6.07. The highest BCUT2D eigenvalue weighted by Gasteiger charge is 2.27. The summed E-state index contributed by atoms with van der Waals surface area (Å²) in [5, 5.41) is 24.5. The molecule has 1 aromatic carbocycles. The number of nitrogens with zero attached hydrogens (tertiary/aromatic N) is 2. The van der Waals surface area contributed by atoms with E-state index in [0.29, 0.717) is 31.2 Å². The van der Waals surface area contributed by atoms with Crippen LogP contribution in [0.5, 0.6) is 0 Å². The van der Waals surface area contributed by atoms with Crippen LogP contribution in [0.1, 0.15) is 31.2 Å². The summed E-state index contributed by atoms with van der Waals surface area (Å²) in [5.74, 6) is -0.263. The number of alkyl carbamates (subject to hydrolysis) is 1. The van der Waals surface area contributed by atoms with Gasteiger partial charge in [-0.3, -0.25) is 14.9 Å². The van der Waals surface area contributed by atoms with Gasteiger partial charge in [-0.05, 0) is 31.2 Å². The van der Waals surface area contributed by atoms with Crippen molar-refractivity contribution < 1.29 is 19.2 Å². The van der Waals surface area contributed by atoms with E-state index in [1.165, 1.54) is 18.2 Å². The Morgan fingerprint density at radius 2 is 2.04 bits per heavy atom. The molecule has 2 rings (SSSR count). The normalized spacial score (nSPS) is 19.0. The molecule has 0 atom stereocenters. The summed E-state index contributed by atoms with van der Waals surface area (Å²) in [6, 6.07) is 7.70. The van der Waals surface area contributed by atoms with Crippen LogP contribution in [-0.2, 0) is 16.1 Å². The summed E-state index contributed by atoms with van der Waals surface area (Å²) in [7, 11) is 0. The molecule has 1 saturated carbocycles. The molecular weight excluding hydrogens is 340 g/mol. The zero-order valence-corrected chi connectivity index (χ0v) is 14.1. The Hall–Kier alpha value is -3.15. The fraction of sp³-hybridized carbons (Fsp3) is 0.471. The molecule has 1 fully saturated rings. The highest BCUT2D eigenvalue weighted by molar-refractivity contribution is 5.79. The molecule has 0 radical (unpaired) electrons. The predicted octanol–water partition coefficient (Wildman–Crippen LogP) is 2.02. The number of benzene rings is 1. The van der Waals surface area contributed by atoms with Crippen molar-refractivity contribution in [3.63, 3.8) is 0 Å². The first-order valence-electron chi connectivity index (χ1n) is 8.31. The summed E-state index contributed by atoms with van der Waals surface area (Å²) in [6.45, 7) is -0.0551. The van der Waals surface area contributed by atoms with Crippen LogP contribution < -0.4 is 10.6 Å². The average Bonchev–Trinajstić information content (AvgIpc) is 2.65. The van der Waals surface area contributed by atoms with E-state index in [1.54, 1.807) is 6.07 Å². The quantitative estimate of drug-likeness (QED) is 0.453. The first kappa shape index (κ1) is 19.2. The number of nitriles is 1. The minimum Gasteiger partial charge on any atom is -0.445 e. The smallest absolute Gasteiger partial charge is 0.407 e. The van der Waals surface area contributed by atoms with Crippen LogP contribution in [0.25, 0.3) is 0 Å². The number of carbonyl (C=O) groups excluding carboxylic acids is 2. The summed E-state index contributed by atoms with van der Waals surface area (Å²) >= 11 is 0. The van der Waals surface area contributed by atoms with Gasteiger partial charge in [0.05, 0.1) is 11.0 Å². The summed E-state index contributed by atoms with van der Waals surface area (Å²) in [5.41, 5.74) is 0.478. The van der Waals surface area contributed by atoms with Crippen molar-refractivity contribution in [3.05, 3.63) is 39.9 Å². The molecule has 138 valence electrons. The Kier molecular flexibility index (Phi) is 6.91. The van der Waals surface area contributed by atoms with Gasteiger partial charge in [0.25, 0.3) is 5.69 Å². The van der Waals surface area contributed by atoms with Crippen LogP contribution in [0.3, 0.4) is 0 Å². The van der Waals surface area contributed by atoms with Crippen molar-refractivity contribution in [2.24, 2.45) is 5.92 Å². The molecule has 0 unspecified atom stereocenters. The highest BCUT2D eigenvalue weighted by atomic mass is 16.6. The van der Waals surface area contributed by atoms with E-state index >= 15 is 0 Å². The van der Waals surface area contributed by atoms with E-state index in [-0.39, 0.29) is 36.7 Å². The molecule has 1 aliphatic rings. The zero-order valence-electron chi connectivity index (χ0n) is 14.1. The van der Waals surface area contributed by atoms with Crippen molar-refractivity contribution >= 4 is 17.7 Å². The van der Waals surface area contributed by atoms with E-state index in [1.807, 2.05) is 6.07 Å². The molecule has 1 aliphatic carbocycles. The molecule has 26 heavy (non-hydrogen) atoms. The van der Waals surface area contributed by atoms with E-state index < -0.39 is 11.0 Å². The molecular formula is C17H20N4O5. The van der Waals surface area contributed by atoms with Crippen LogP contribution >= 0.6 is 0 Å². The maximum absolute atomic E-state index is 11.9. The SMILES string of the molecule is N#CCNC(=O)C1CCC(NC(=O)OCc2cccc([N+](=O)[O-])c2)CC1. The lowest BCUT2D eigenvalue weighted by Gasteiger charge is -2.27. The molecule has 9 heteroatoms. The fourth-order valence-corrected chi connectivity index (χ4v) is 2.89. The molecule has 9 nitrogen and oxygen atoms in total. The Labute approximate surface area is 150 Å². The van der Waals surface area contributed by atoms with Gasteiger partial charge in [0.1, 0.15) is 13.2 Å². The molecule has 0 heterocycles. The molecule has 0 aliphatic heterocycles. The van der Waals surface area contributed by atoms with Gasteiger partial charge in [-0.2, -0.15) is 5.26 Å². The van der Waals surface area contributed by atoms with Crippen LogP contribution in [0, 0.1) is 27.4 Å². The Morgan fingerprint density at radius 1 is 1.31 bits per heavy atom. The van der Waals surface area contributed by atoms with Gasteiger partial charge in [-0.1, -0.05) is 12.1 Å². The van der Waals surface area contributed by atoms with Gasteiger partial charge in [0, 0.05) is 24.1 Å². The number of nitrogens with one attached hydrogen (secondary N) is 2. The number of amides is 2. The molecule has 0 saturated heterocycles. The number of ether oxygens (including phenoxy) is 1. The standard InChI is InChI=1S/C17H20N4O5/c18-8-9-19-16(22)13-4-6-14(7-5-13)20-17(23)26-11-12-2-1-3-15(10-12)21(24)25/h1-3,10,13-14H,4-7,9,11H2,(H,19,22)(H,20,23). The summed E-state index contributed by atoms with van der Waals surface area (Å²) in [4.78, 5) is 33.9. The number of nitro groups is 1. The molecule has 1 aromatic rings. The topological polar surface area (TPSA) is 134 Å². The second kappa shape index (κ2) is 9.36. The number of hydrogen-bond acceptors (Lipinski definition) is 6. The first-order chi connectivity index (χ1) is 12.5. The Morgan fingerprint density at radius 3 is 2.69 bits per heavy atom. The Bertz CT molecular complexity index is 707.